The molecule has 5 heteroatoms. The summed E-state index contributed by atoms with van der Waals surface area (Å²) in [5, 5.41) is 3.94. The smallest absolute Gasteiger partial charge is 0.271 e. The first-order valence-electron chi connectivity index (χ1n) is 7.04. The van der Waals surface area contributed by atoms with E-state index in [-0.39, 0.29) is 5.91 Å². The Morgan fingerprint density at radius 3 is 2.39 bits per heavy atom. The molecule has 2 aromatic carbocycles. The van der Waals surface area contributed by atoms with E-state index < -0.39 is 0 Å². The van der Waals surface area contributed by atoms with Crippen molar-refractivity contribution in [2.45, 2.75) is 0 Å². The zero-order valence-corrected chi connectivity index (χ0v) is 12.9. The maximum Gasteiger partial charge on any atom is 0.271 e. The third-order valence-corrected chi connectivity index (χ3v) is 2.98. The molecule has 0 heterocycles. The van der Waals surface area contributed by atoms with Gasteiger partial charge < -0.3 is 9.47 Å². The molecule has 0 unspecified atom stereocenters. The lowest BCUT2D eigenvalue weighted by Gasteiger charge is -2.03. The summed E-state index contributed by atoms with van der Waals surface area (Å²) >= 11 is 0. The Balaban J connectivity index is 1.89. The van der Waals surface area contributed by atoms with Crippen LogP contribution in [0.25, 0.3) is 0 Å². The molecule has 1 N–H and O–H groups in total. The van der Waals surface area contributed by atoms with Gasteiger partial charge in [0.15, 0.2) is 0 Å². The highest BCUT2D eigenvalue weighted by Crippen LogP contribution is 2.12. The topological polar surface area (TPSA) is 59.9 Å². The van der Waals surface area contributed by atoms with Gasteiger partial charge >= 0.3 is 0 Å². The fourth-order valence-electron chi connectivity index (χ4n) is 1.78. The zero-order valence-electron chi connectivity index (χ0n) is 12.9. The van der Waals surface area contributed by atoms with Crippen molar-refractivity contribution in [2.75, 3.05) is 13.7 Å². The summed E-state index contributed by atoms with van der Waals surface area (Å²) in [7, 11) is 1.58. The second-order valence-corrected chi connectivity index (χ2v) is 4.60. The molecule has 0 radical (unpaired) electrons. The van der Waals surface area contributed by atoms with E-state index in [4.69, 9.17) is 9.47 Å². The van der Waals surface area contributed by atoms with Crippen LogP contribution in [0.15, 0.2) is 66.3 Å². The first kappa shape index (κ1) is 16.3. The number of methoxy groups -OCH3 is 1. The minimum atomic E-state index is -0.283. The molecule has 2 aromatic rings. The molecule has 0 saturated heterocycles. The molecular formula is C18H18N2O3. The van der Waals surface area contributed by atoms with Gasteiger partial charge in [0, 0.05) is 5.56 Å². The molecule has 118 valence electrons. The predicted molar refractivity (Wildman–Crippen MR) is 90.2 cm³/mol. The summed E-state index contributed by atoms with van der Waals surface area (Å²) in [4.78, 5) is 11.9. The molecule has 0 aliphatic carbocycles. The Morgan fingerprint density at radius 2 is 1.78 bits per heavy atom. The number of amides is 1. The van der Waals surface area contributed by atoms with Crippen molar-refractivity contribution >= 4 is 12.1 Å². The Labute approximate surface area is 135 Å². The van der Waals surface area contributed by atoms with E-state index >= 15 is 0 Å². The minimum absolute atomic E-state index is 0.283. The van der Waals surface area contributed by atoms with Crippen molar-refractivity contribution < 1.29 is 14.3 Å². The van der Waals surface area contributed by atoms with Crippen molar-refractivity contribution in [1.82, 2.24) is 5.43 Å². The van der Waals surface area contributed by atoms with Gasteiger partial charge in [-0.05, 0) is 54.1 Å². The number of nitrogens with one attached hydrogen (secondary N) is 1. The Hall–Kier alpha value is -3.08. The van der Waals surface area contributed by atoms with Gasteiger partial charge in [-0.25, -0.2) is 5.43 Å². The average molecular weight is 310 g/mol. The highest BCUT2D eigenvalue weighted by atomic mass is 16.5. The number of ether oxygens (including phenoxy) is 2. The SMILES string of the molecule is C=CCOc1ccc(C=NNC(=O)c2ccc(OC)cc2)cc1. The third kappa shape index (κ3) is 5.00. The van der Waals surface area contributed by atoms with Gasteiger partial charge in [0.1, 0.15) is 18.1 Å². The molecule has 0 spiro atoms. The molecule has 0 fully saturated rings. The molecule has 0 aliphatic rings. The van der Waals surface area contributed by atoms with Crippen LogP contribution in [0.3, 0.4) is 0 Å². The van der Waals surface area contributed by atoms with Crippen LogP contribution in [0.4, 0.5) is 0 Å². The summed E-state index contributed by atoms with van der Waals surface area (Å²) in [6.07, 6.45) is 3.25. The predicted octanol–water partition coefficient (Wildman–Crippen LogP) is 3.02. The quantitative estimate of drug-likeness (QED) is 0.486. The standard InChI is InChI=1S/C18H18N2O3/c1-3-12-23-17-8-4-14(5-9-17)13-19-20-18(21)15-6-10-16(22-2)11-7-15/h3-11,13H,1,12H2,2H3,(H,20,21). The normalized spacial score (nSPS) is 10.3. The van der Waals surface area contributed by atoms with E-state index in [0.717, 1.165) is 11.3 Å². The Morgan fingerprint density at radius 1 is 1.13 bits per heavy atom. The van der Waals surface area contributed by atoms with Crippen LogP contribution in [0.5, 0.6) is 11.5 Å². The van der Waals surface area contributed by atoms with Gasteiger partial charge in [-0.15, -0.1) is 0 Å². The number of carbonyl (C=O) groups is 1. The molecule has 0 atom stereocenters. The van der Waals surface area contributed by atoms with Crippen LogP contribution in [0, 0.1) is 0 Å². The van der Waals surface area contributed by atoms with E-state index in [1.807, 2.05) is 24.3 Å². The fourth-order valence-corrected chi connectivity index (χ4v) is 1.78. The second kappa shape index (κ2) is 8.38. The number of rotatable bonds is 7. The summed E-state index contributed by atoms with van der Waals surface area (Å²) in [6, 6.07) is 14.2. The summed E-state index contributed by atoms with van der Waals surface area (Å²) in [6.45, 7) is 4.06. The summed E-state index contributed by atoms with van der Waals surface area (Å²) in [5.41, 5.74) is 3.84. The number of carbonyl (C=O) groups excluding carboxylic acids is 1. The molecule has 5 nitrogen and oxygen atoms in total. The van der Waals surface area contributed by atoms with E-state index in [9.17, 15) is 4.79 Å². The number of hydrogen-bond acceptors (Lipinski definition) is 4. The number of nitrogens with zero attached hydrogens (tertiary/aromatic N) is 1. The van der Waals surface area contributed by atoms with Crippen molar-refractivity contribution in [1.29, 1.82) is 0 Å². The van der Waals surface area contributed by atoms with Gasteiger partial charge in [0.25, 0.3) is 5.91 Å². The fraction of sp³-hybridized carbons (Fsp3) is 0.111. The second-order valence-electron chi connectivity index (χ2n) is 4.60. The maximum atomic E-state index is 11.9. The van der Waals surface area contributed by atoms with Gasteiger partial charge in [-0.2, -0.15) is 5.10 Å². The van der Waals surface area contributed by atoms with Crippen LogP contribution < -0.4 is 14.9 Å². The molecule has 23 heavy (non-hydrogen) atoms. The lowest BCUT2D eigenvalue weighted by Crippen LogP contribution is -2.17. The molecule has 2 rings (SSSR count). The van der Waals surface area contributed by atoms with E-state index in [0.29, 0.717) is 17.9 Å². The van der Waals surface area contributed by atoms with Crippen molar-refractivity contribution in [3.05, 3.63) is 72.3 Å². The number of hydrogen-bond donors (Lipinski definition) is 1. The number of hydrazone groups is 1. The van der Waals surface area contributed by atoms with Gasteiger partial charge in [-0.1, -0.05) is 12.7 Å². The molecule has 1 amide bonds. The lowest BCUT2D eigenvalue weighted by atomic mass is 10.2. The highest BCUT2D eigenvalue weighted by Gasteiger charge is 2.03. The average Bonchev–Trinajstić information content (AvgIpc) is 2.61. The van der Waals surface area contributed by atoms with Crippen LogP contribution >= 0.6 is 0 Å². The summed E-state index contributed by atoms with van der Waals surface area (Å²) in [5.74, 6) is 1.17. The number of benzene rings is 2. The molecule has 0 aromatic heterocycles. The van der Waals surface area contributed by atoms with Crippen LogP contribution in [0.2, 0.25) is 0 Å². The monoisotopic (exact) mass is 310 g/mol. The molecule has 0 saturated carbocycles. The zero-order chi connectivity index (χ0) is 16.5. The van der Waals surface area contributed by atoms with Crippen LogP contribution in [0.1, 0.15) is 15.9 Å². The van der Waals surface area contributed by atoms with E-state index in [1.54, 1.807) is 43.7 Å². The Kier molecular flexibility index (Phi) is 5.94. The van der Waals surface area contributed by atoms with E-state index in [1.165, 1.54) is 0 Å². The largest absolute Gasteiger partial charge is 0.497 e. The first-order chi connectivity index (χ1) is 11.2. The lowest BCUT2D eigenvalue weighted by molar-refractivity contribution is 0.0955. The molecule has 0 bridgehead atoms. The third-order valence-electron chi connectivity index (χ3n) is 2.98. The van der Waals surface area contributed by atoms with E-state index in [2.05, 4.69) is 17.1 Å². The molecule has 0 aliphatic heterocycles. The van der Waals surface area contributed by atoms with Gasteiger partial charge in [-0.3, -0.25) is 4.79 Å². The first-order valence-corrected chi connectivity index (χ1v) is 7.04. The van der Waals surface area contributed by atoms with Crippen LogP contribution in [-0.2, 0) is 0 Å². The summed E-state index contributed by atoms with van der Waals surface area (Å²) < 4.78 is 10.4. The van der Waals surface area contributed by atoms with Crippen molar-refractivity contribution in [3.63, 3.8) is 0 Å². The van der Waals surface area contributed by atoms with Crippen molar-refractivity contribution in [3.8, 4) is 11.5 Å². The minimum Gasteiger partial charge on any atom is -0.497 e. The van der Waals surface area contributed by atoms with Crippen LogP contribution in [-0.4, -0.2) is 25.8 Å². The van der Waals surface area contributed by atoms with Gasteiger partial charge in [0.2, 0.25) is 0 Å². The molecular weight excluding hydrogens is 292 g/mol. The van der Waals surface area contributed by atoms with Crippen molar-refractivity contribution in [2.24, 2.45) is 5.10 Å². The van der Waals surface area contributed by atoms with Gasteiger partial charge in [0.05, 0.1) is 13.3 Å². The highest BCUT2D eigenvalue weighted by molar-refractivity contribution is 5.95. The Bertz CT molecular complexity index is 676. The maximum absolute atomic E-state index is 11.9.